The van der Waals surface area contributed by atoms with Crippen molar-refractivity contribution >= 4 is 28.6 Å². The molecule has 0 spiro atoms. The van der Waals surface area contributed by atoms with Gasteiger partial charge < -0.3 is 4.74 Å². The van der Waals surface area contributed by atoms with Gasteiger partial charge in [0.25, 0.3) is 0 Å². The molecule has 2 atom stereocenters. The third-order valence-electron chi connectivity index (χ3n) is 2.30. The summed E-state index contributed by atoms with van der Waals surface area (Å²) in [5.74, 6) is 0.175. The van der Waals surface area contributed by atoms with Crippen LogP contribution >= 0.6 is 22.6 Å². The quantitative estimate of drug-likeness (QED) is 0.445. The zero-order chi connectivity index (χ0) is 9.84. The molecule has 0 aromatic rings. The topological polar surface area (TPSA) is 26.3 Å². The van der Waals surface area contributed by atoms with Crippen molar-refractivity contribution in [3.05, 3.63) is 0 Å². The molecule has 1 saturated carbocycles. The Kier molecular flexibility index (Phi) is 4.49. The molecule has 1 aliphatic rings. The summed E-state index contributed by atoms with van der Waals surface area (Å²) < 4.78 is 5.86. The van der Waals surface area contributed by atoms with Crippen molar-refractivity contribution in [1.29, 1.82) is 0 Å². The Balaban J connectivity index is 2.37. The van der Waals surface area contributed by atoms with Gasteiger partial charge in [0.1, 0.15) is 0 Å². The van der Waals surface area contributed by atoms with Crippen LogP contribution in [0.5, 0.6) is 0 Å². The molecule has 2 unspecified atom stereocenters. The standard InChI is InChI=1S/C10H17IO2/c1-7(2)13-10(12)8-4-3-5-9(11)6-8/h7-9H,3-6H2,1-2H3. The first-order valence-corrected chi connectivity index (χ1v) is 6.18. The molecular formula is C10H17IO2. The van der Waals surface area contributed by atoms with Crippen LogP contribution in [-0.2, 0) is 9.53 Å². The second-order valence-corrected chi connectivity index (χ2v) is 5.71. The Morgan fingerprint density at radius 3 is 2.69 bits per heavy atom. The molecule has 0 aliphatic heterocycles. The van der Waals surface area contributed by atoms with Gasteiger partial charge in [0.05, 0.1) is 12.0 Å². The van der Waals surface area contributed by atoms with Gasteiger partial charge in [-0.2, -0.15) is 0 Å². The third-order valence-corrected chi connectivity index (χ3v) is 3.43. The molecule has 0 bridgehead atoms. The lowest BCUT2D eigenvalue weighted by atomic mass is 9.89. The van der Waals surface area contributed by atoms with E-state index < -0.39 is 0 Å². The smallest absolute Gasteiger partial charge is 0.309 e. The fraction of sp³-hybridized carbons (Fsp3) is 0.900. The first-order valence-electron chi connectivity index (χ1n) is 4.94. The van der Waals surface area contributed by atoms with Crippen LogP contribution in [0.2, 0.25) is 0 Å². The summed E-state index contributed by atoms with van der Waals surface area (Å²) in [5.41, 5.74) is 0. The van der Waals surface area contributed by atoms with Crippen LogP contribution in [0, 0.1) is 5.92 Å². The normalized spacial score (nSPS) is 28.9. The SMILES string of the molecule is CC(C)OC(=O)C1CCCC(I)C1. The van der Waals surface area contributed by atoms with Crippen molar-refractivity contribution in [2.24, 2.45) is 5.92 Å². The Bertz CT molecular complexity index is 180. The monoisotopic (exact) mass is 296 g/mol. The number of rotatable bonds is 2. The van der Waals surface area contributed by atoms with Crippen LogP contribution in [0.1, 0.15) is 39.5 Å². The molecule has 0 N–H and O–H groups in total. The van der Waals surface area contributed by atoms with E-state index in [-0.39, 0.29) is 18.0 Å². The van der Waals surface area contributed by atoms with E-state index in [1.54, 1.807) is 0 Å². The molecule has 1 aliphatic carbocycles. The Labute approximate surface area is 93.6 Å². The summed E-state index contributed by atoms with van der Waals surface area (Å²) in [6, 6.07) is 0. The van der Waals surface area contributed by atoms with E-state index in [1.807, 2.05) is 13.8 Å². The molecule has 3 heteroatoms. The summed E-state index contributed by atoms with van der Waals surface area (Å²) in [6.45, 7) is 3.81. The summed E-state index contributed by atoms with van der Waals surface area (Å²) in [6.07, 6.45) is 4.48. The number of halogens is 1. The van der Waals surface area contributed by atoms with E-state index in [2.05, 4.69) is 22.6 Å². The van der Waals surface area contributed by atoms with Crippen molar-refractivity contribution in [3.63, 3.8) is 0 Å². The molecule has 1 fully saturated rings. The van der Waals surface area contributed by atoms with E-state index in [1.165, 1.54) is 12.8 Å². The van der Waals surface area contributed by atoms with Gasteiger partial charge in [-0.15, -0.1) is 0 Å². The second-order valence-electron chi connectivity index (χ2n) is 3.95. The first-order chi connectivity index (χ1) is 6.09. The third kappa shape index (κ3) is 3.83. The van der Waals surface area contributed by atoms with Crippen molar-refractivity contribution in [3.8, 4) is 0 Å². The molecule has 0 saturated heterocycles. The Morgan fingerprint density at radius 2 is 2.15 bits per heavy atom. The van der Waals surface area contributed by atoms with Gasteiger partial charge >= 0.3 is 5.97 Å². The van der Waals surface area contributed by atoms with Crippen LogP contribution < -0.4 is 0 Å². The van der Waals surface area contributed by atoms with Gasteiger partial charge in [0.15, 0.2) is 0 Å². The van der Waals surface area contributed by atoms with Crippen LogP contribution in [-0.4, -0.2) is 16.0 Å². The average Bonchev–Trinajstić information content (AvgIpc) is 2.03. The molecule has 1 rings (SSSR count). The maximum Gasteiger partial charge on any atom is 0.309 e. The summed E-state index contributed by atoms with van der Waals surface area (Å²) in [4.78, 5) is 11.5. The van der Waals surface area contributed by atoms with Crippen molar-refractivity contribution in [2.75, 3.05) is 0 Å². The lowest BCUT2D eigenvalue weighted by Crippen LogP contribution is -2.26. The van der Waals surface area contributed by atoms with E-state index in [9.17, 15) is 4.79 Å². The molecule has 0 radical (unpaired) electrons. The highest BCUT2D eigenvalue weighted by atomic mass is 127. The molecule has 0 heterocycles. The first kappa shape index (κ1) is 11.3. The maximum atomic E-state index is 11.5. The Morgan fingerprint density at radius 1 is 1.46 bits per heavy atom. The Hall–Kier alpha value is 0.200. The average molecular weight is 296 g/mol. The second kappa shape index (κ2) is 5.17. The predicted molar refractivity (Wildman–Crippen MR) is 61.0 cm³/mol. The van der Waals surface area contributed by atoms with Crippen molar-refractivity contribution in [2.45, 2.75) is 49.6 Å². The molecule has 0 amide bonds. The zero-order valence-electron chi connectivity index (χ0n) is 8.25. The number of esters is 1. The van der Waals surface area contributed by atoms with Crippen LogP contribution in [0.4, 0.5) is 0 Å². The minimum absolute atomic E-state index is 0.0105. The predicted octanol–water partition coefficient (Wildman–Crippen LogP) is 2.93. The zero-order valence-corrected chi connectivity index (χ0v) is 10.4. The van der Waals surface area contributed by atoms with E-state index in [0.717, 1.165) is 12.8 Å². The molecule has 0 aromatic heterocycles. The number of alkyl halides is 1. The minimum Gasteiger partial charge on any atom is -0.463 e. The van der Waals surface area contributed by atoms with Gasteiger partial charge in [-0.3, -0.25) is 4.79 Å². The molecule has 76 valence electrons. The maximum absolute atomic E-state index is 11.5. The highest BCUT2D eigenvalue weighted by Crippen LogP contribution is 2.30. The van der Waals surface area contributed by atoms with E-state index in [4.69, 9.17) is 4.74 Å². The van der Waals surface area contributed by atoms with Gasteiger partial charge in [-0.05, 0) is 33.1 Å². The molecule has 0 aromatic carbocycles. The van der Waals surface area contributed by atoms with Gasteiger partial charge in [-0.1, -0.05) is 29.0 Å². The fourth-order valence-electron chi connectivity index (χ4n) is 1.67. The summed E-state index contributed by atoms with van der Waals surface area (Å²) in [7, 11) is 0. The van der Waals surface area contributed by atoms with Crippen LogP contribution in [0.3, 0.4) is 0 Å². The summed E-state index contributed by atoms with van der Waals surface area (Å²) >= 11 is 2.43. The molecule has 13 heavy (non-hydrogen) atoms. The highest BCUT2D eigenvalue weighted by Gasteiger charge is 2.27. The number of hydrogen-bond acceptors (Lipinski definition) is 2. The van der Waals surface area contributed by atoms with Gasteiger partial charge in [0, 0.05) is 3.92 Å². The number of carbonyl (C=O) groups is 1. The highest BCUT2D eigenvalue weighted by molar-refractivity contribution is 14.1. The molecular weight excluding hydrogens is 279 g/mol. The lowest BCUT2D eigenvalue weighted by molar-refractivity contribution is -0.153. The summed E-state index contributed by atoms with van der Waals surface area (Å²) in [5, 5.41) is 0. The van der Waals surface area contributed by atoms with E-state index >= 15 is 0 Å². The van der Waals surface area contributed by atoms with Crippen LogP contribution in [0.25, 0.3) is 0 Å². The fourth-order valence-corrected chi connectivity index (χ4v) is 2.73. The number of ether oxygens (including phenoxy) is 1. The van der Waals surface area contributed by atoms with Gasteiger partial charge in [0.2, 0.25) is 0 Å². The van der Waals surface area contributed by atoms with E-state index in [0.29, 0.717) is 3.92 Å². The number of carbonyl (C=O) groups excluding carboxylic acids is 1. The lowest BCUT2D eigenvalue weighted by Gasteiger charge is -2.24. The largest absolute Gasteiger partial charge is 0.463 e. The van der Waals surface area contributed by atoms with Crippen LogP contribution in [0.15, 0.2) is 0 Å². The van der Waals surface area contributed by atoms with Gasteiger partial charge in [-0.25, -0.2) is 0 Å². The number of hydrogen-bond donors (Lipinski definition) is 0. The minimum atomic E-state index is 0.0105. The van der Waals surface area contributed by atoms with Crippen molar-refractivity contribution in [1.82, 2.24) is 0 Å². The van der Waals surface area contributed by atoms with Crippen molar-refractivity contribution < 1.29 is 9.53 Å². The molecule has 2 nitrogen and oxygen atoms in total.